The molecular formula is C16H17N3O2. The number of aromatic nitrogens is 1. The molecule has 5 heteroatoms. The van der Waals surface area contributed by atoms with Crippen molar-refractivity contribution in [3.63, 3.8) is 0 Å². The van der Waals surface area contributed by atoms with E-state index in [9.17, 15) is 9.59 Å². The van der Waals surface area contributed by atoms with Gasteiger partial charge in [0.2, 0.25) is 5.91 Å². The lowest BCUT2D eigenvalue weighted by Gasteiger charge is -2.08. The van der Waals surface area contributed by atoms with Crippen molar-refractivity contribution in [2.75, 3.05) is 11.9 Å². The second kappa shape index (κ2) is 7.19. The van der Waals surface area contributed by atoms with Crippen molar-refractivity contribution in [3.05, 3.63) is 59.9 Å². The number of amides is 1. The number of nitrogens with zero attached hydrogens (tertiary/aromatic N) is 1. The molecule has 0 unspecified atom stereocenters. The van der Waals surface area contributed by atoms with Gasteiger partial charge in [-0.3, -0.25) is 14.6 Å². The monoisotopic (exact) mass is 283 g/mol. The first-order valence-corrected chi connectivity index (χ1v) is 6.65. The van der Waals surface area contributed by atoms with Gasteiger partial charge in [-0.25, -0.2) is 0 Å². The predicted octanol–water partition coefficient (Wildman–Crippen LogP) is 2.01. The zero-order valence-corrected chi connectivity index (χ0v) is 11.8. The number of benzene rings is 1. The fraction of sp³-hybridized carbons (Fsp3) is 0.188. The van der Waals surface area contributed by atoms with Crippen LogP contribution in [0.25, 0.3) is 0 Å². The summed E-state index contributed by atoms with van der Waals surface area (Å²) in [6, 6.07) is 10.8. The standard InChI is InChI=1S/C16H17N3O2/c1-12(20)14-5-2-6-15(8-14)18-11-16(21)19-10-13-4-3-7-17-9-13/h2-9,18H,10-11H2,1H3,(H,19,21). The van der Waals surface area contributed by atoms with E-state index in [-0.39, 0.29) is 18.2 Å². The minimum Gasteiger partial charge on any atom is -0.376 e. The first kappa shape index (κ1) is 14.7. The maximum absolute atomic E-state index is 11.7. The summed E-state index contributed by atoms with van der Waals surface area (Å²) in [6.45, 7) is 2.11. The van der Waals surface area contributed by atoms with Crippen LogP contribution in [-0.2, 0) is 11.3 Å². The first-order chi connectivity index (χ1) is 10.1. The molecule has 2 N–H and O–H groups in total. The van der Waals surface area contributed by atoms with Gasteiger partial charge in [0.05, 0.1) is 6.54 Å². The third kappa shape index (κ3) is 4.72. The van der Waals surface area contributed by atoms with Crippen LogP contribution in [0.4, 0.5) is 5.69 Å². The van der Waals surface area contributed by atoms with Crippen molar-refractivity contribution in [2.45, 2.75) is 13.5 Å². The van der Waals surface area contributed by atoms with E-state index in [1.54, 1.807) is 30.6 Å². The average molecular weight is 283 g/mol. The Morgan fingerprint density at radius 3 is 2.76 bits per heavy atom. The van der Waals surface area contributed by atoms with Gasteiger partial charge >= 0.3 is 0 Å². The number of hydrogen-bond acceptors (Lipinski definition) is 4. The molecule has 21 heavy (non-hydrogen) atoms. The van der Waals surface area contributed by atoms with Crippen LogP contribution >= 0.6 is 0 Å². The minimum atomic E-state index is -0.118. The van der Waals surface area contributed by atoms with Crippen LogP contribution < -0.4 is 10.6 Å². The number of nitrogens with one attached hydrogen (secondary N) is 2. The maximum Gasteiger partial charge on any atom is 0.239 e. The van der Waals surface area contributed by atoms with Gasteiger partial charge < -0.3 is 10.6 Å². The van der Waals surface area contributed by atoms with E-state index in [2.05, 4.69) is 15.6 Å². The lowest BCUT2D eigenvalue weighted by Crippen LogP contribution is -2.29. The Balaban J connectivity index is 1.81. The molecule has 0 saturated carbocycles. The summed E-state index contributed by atoms with van der Waals surface area (Å²) in [4.78, 5) is 27.0. The van der Waals surface area contributed by atoms with Gasteiger partial charge in [0.1, 0.15) is 0 Å². The zero-order chi connectivity index (χ0) is 15.1. The summed E-state index contributed by atoms with van der Waals surface area (Å²) in [5.41, 5.74) is 2.32. The van der Waals surface area contributed by atoms with Gasteiger partial charge in [0.25, 0.3) is 0 Å². The normalized spacial score (nSPS) is 9.95. The molecule has 1 amide bonds. The van der Waals surface area contributed by atoms with Gasteiger partial charge in [-0.05, 0) is 30.7 Å². The topological polar surface area (TPSA) is 71.1 Å². The summed E-state index contributed by atoms with van der Waals surface area (Å²) in [6.07, 6.45) is 3.40. The van der Waals surface area contributed by atoms with Crippen LogP contribution in [0.5, 0.6) is 0 Å². The van der Waals surface area contributed by atoms with E-state index in [4.69, 9.17) is 0 Å². The quantitative estimate of drug-likeness (QED) is 0.796. The Hall–Kier alpha value is -2.69. The highest BCUT2D eigenvalue weighted by Crippen LogP contribution is 2.10. The summed E-state index contributed by atoms with van der Waals surface area (Å²) in [7, 11) is 0. The van der Waals surface area contributed by atoms with E-state index in [0.717, 1.165) is 11.3 Å². The van der Waals surface area contributed by atoms with Crippen LogP contribution in [0, 0.1) is 0 Å². The molecule has 1 aromatic carbocycles. The summed E-state index contributed by atoms with van der Waals surface area (Å²) >= 11 is 0. The van der Waals surface area contributed by atoms with Crippen LogP contribution in [0.3, 0.4) is 0 Å². The van der Waals surface area contributed by atoms with Crippen LogP contribution in [0.1, 0.15) is 22.8 Å². The smallest absolute Gasteiger partial charge is 0.239 e. The van der Waals surface area contributed by atoms with Crippen molar-refractivity contribution in [3.8, 4) is 0 Å². The largest absolute Gasteiger partial charge is 0.376 e. The van der Waals surface area contributed by atoms with E-state index in [1.807, 2.05) is 18.2 Å². The molecule has 0 fully saturated rings. The number of carbonyl (C=O) groups is 2. The molecule has 0 radical (unpaired) electrons. The molecule has 1 aromatic heterocycles. The highest BCUT2D eigenvalue weighted by molar-refractivity contribution is 5.95. The molecule has 1 heterocycles. The number of anilines is 1. The minimum absolute atomic E-state index is 0.000297. The third-order valence-electron chi connectivity index (χ3n) is 2.93. The Labute approximate surface area is 123 Å². The molecule has 2 rings (SSSR count). The number of rotatable bonds is 6. The highest BCUT2D eigenvalue weighted by Gasteiger charge is 2.03. The summed E-state index contributed by atoms with van der Waals surface area (Å²) < 4.78 is 0. The second-order valence-electron chi connectivity index (χ2n) is 4.63. The van der Waals surface area contributed by atoms with Crippen molar-refractivity contribution < 1.29 is 9.59 Å². The van der Waals surface area contributed by atoms with Crippen LogP contribution in [0.15, 0.2) is 48.8 Å². The van der Waals surface area contributed by atoms with E-state index in [1.165, 1.54) is 6.92 Å². The molecule has 0 aliphatic carbocycles. The van der Waals surface area contributed by atoms with Crippen molar-refractivity contribution in [1.29, 1.82) is 0 Å². The van der Waals surface area contributed by atoms with Gasteiger partial charge in [-0.15, -0.1) is 0 Å². The van der Waals surface area contributed by atoms with Crippen molar-refractivity contribution >= 4 is 17.4 Å². The second-order valence-corrected chi connectivity index (χ2v) is 4.63. The van der Waals surface area contributed by atoms with E-state index >= 15 is 0 Å². The Morgan fingerprint density at radius 1 is 1.19 bits per heavy atom. The lowest BCUT2D eigenvalue weighted by molar-refractivity contribution is -0.119. The molecule has 0 atom stereocenters. The molecule has 0 saturated heterocycles. The SMILES string of the molecule is CC(=O)c1cccc(NCC(=O)NCc2cccnc2)c1. The Bertz CT molecular complexity index is 626. The first-order valence-electron chi connectivity index (χ1n) is 6.65. The third-order valence-corrected chi connectivity index (χ3v) is 2.93. The Morgan fingerprint density at radius 2 is 2.05 bits per heavy atom. The predicted molar refractivity (Wildman–Crippen MR) is 81.0 cm³/mol. The molecule has 0 aliphatic rings. The maximum atomic E-state index is 11.7. The Kier molecular flexibility index (Phi) is 5.04. The van der Waals surface area contributed by atoms with Crippen LogP contribution in [-0.4, -0.2) is 23.2 Å². The number of carbonyl (C=O) groups excluding carboxylic acids is 2. The van der Waals surface area contributed by atoms with Crippen molar-refractivity contribution in [2.24, 2.45) is 0 Å². The van der Waals surface area contributed by atoms with Gasteiger partial charge in [-0.1, -0.05) is 18.2 Å². The van der Waals surface area contributed by atoms with E-state index in [0.29, 0.717) is 12.1 Å². The van der Waals surface area contributed by atoms with E-state index < -0.39 is 0 Å². The van der Waals surface area contributed by atoms with Gasteiger partial charge in [-0.2, -0.15) is 0 Å². The fourth-order valence-electron chi connectivity index (χ4n) is 1.80. The molecule has 0 spiro atoms. The molecule has 5 nitrogen and oxygen atoms in total. The number of Topliss-reactive ketones (excluding diaryl/α,β-unsaturated/α-hetero) is 1. The van der Waals surface area contributed by atoms with Crippen molar-refractivity contribution in [1.82, 2.24) is 10.3 Å². The zero-order valence-electron chi connectivity index (χ0n) is 11.8. The molecule has 0 aliphatic heterocycles. The number of ketones is 1. The molecule has 0 bridgehead atoms. The number of pyridine rings is 1. The van der Waals surface area contributed by atoms with Gasteiger partial charge in [0.15, 0.2) is 5.78 Å². The number of hydrogen-bond donors (Lipinski definition) is 2. The molecule has 108 valence electrons. The lowest BCUT2D eigenvalue weighted by atomic mass is 10.1. The molecular weight excluding hydrogens is 266 g/mol. The average Bonchev–Trinajstić information content (AvgIpc) is 2.52. The van der Waals surface area contributed by atoms with Gasteiger partial charge in [0, 0.05) is 30.2 Å². The summed E-state index contributed by atoms with van der Waals surface area (Å²) in [5, 5.41) is 5.79. The summed E-state index contributed by atoms with van der Waals surface area (Å²) in [5.74, 6) is -0.119. The fourth-order valence-corrected chi connectivity index (χ4v) is 1.80. The molecule has 2 aromatic rings. The highest BCUT2D eigenvalue weighted by atomic mass is 16.2. The van der Waals surface area contributed by atoms with Crippen LogP contribution in [0.2, 0.25) is 0 Å².